The van der Waals surface area contributed by atoms with Crippen LogP contribution in [0.5, 0.6) is 0 Å². The van der Waals surface area contributed by atoms with Crippen LogP contribution >= 0.6 is 12.2 Å². The molecule has 6 nitrogen and oxygen atoms in total. The van der Waals surface area contributed by atoms with Crippen LogP contribution in [0.1, 0.15) is 62.5 Å². The van der Waals surface area contributed by atoms with Crippen molar-refractivity contribution >= 4 is 34.9 Å². The highest BCUT2D eigenvalue weighted by atomic mass is 32.1. The summed E-state index contributed by atoms with van der Waals surface area (Å²) in [4.78, 5) is 14.6. The molecule has 1 aliphatic carbocycles. The van der Waals surface area contributed by atoms with Crippen LogP contribution < -0.4 is 20.4 Å². The maximum absolute atomic E-state index is 5.62. The van der Waals surface area contributed by atoms with E-state index in [-0.39, 0.29) is 0 Å². The maximum Gasteiger partial charge on any atom is 0.232 e. The topological polar surface area (TPSA) is 56.3 Å². The number of benzene rings is 1. The SMILES string of the molecule is S=C(Nc1nc(N2CCCCCC2)cc(N2CCc3ccccc3C2)n1)NC1CCCC1. The van der Waals surface area contributed by atoms with E-state index in [1.54, 1.807) is 0 Å². The number of aromatic nitrogens is 2. The van der Waals surface area contributed by atoms with E-state index in [2.05, 4.69) is 50.8 Å². The van der Waals surface area contributed by atoms with Crippen LogP contribution in [0.4, 0.5) is 17.6 Å². The number of nitrogens with zero attached hydrogens (tertiary/aromatic N) is 4. The zero-order chi connectivity index (χ0) is 21.8. The van der Waals surface area contributed by atoms with Crippen molar-refractivity contribution in [3.63, 3.8) is 0 Å². The first-order chi connectivity index (χ1) is 15.7. The molecule has 3 heterocycles. The van der Waals surface area contributed by atoms with Crippen LogP contribution in [-0.2, 0) is 13.0 Å². The second-order valence-corrected chi connectivity index (χ2v) is 9.74. The summed E-state index contributed by atoms with van der Waals surface area (Å²) in [6.07, 6.45) is 11.0. The minimum absolute atomic E-state index is 0.474. The lowest BCUT2D eigenvalue weighted by Gasteiger charge is -2.31. The molecule has 1 aromatic heterocycles. The van der Waals surface area contributed by atoms with Crippen molar-refractivity contribution in [3.05, 3.63) is 41.5 Å². The van der Waals surface area contributed by atoms with Crippen molar-refractivity contribution in [1.29, 1.82) is 0 Å². The number of fused-ring (bicyclic) bond motifs is 1. The lowest BCUT2D eigenvalue weighted by atomic mass is 10.00. The number of thiocarbonyl (C=S) groups is 1. The molecule has 0 spiro atoms. The Kier molecular flexibility index (Phi) is 6.72. The fourth-order valence-electron chi connectivity index (χ4n) is 5.19. The molecule has 1 saturated carbocycles. The number of hydrogen-bond acceptors (Lipinski definition) is 5. The molecule has 2 N–H and O–H groups in total. The molecule has 0 radical (unpaired) electrons. The van der Waals surface area contributed by atoms with Crippen LogP contribution in [0.15, 0.2) is 30.3 Å². The summed E-state index contributed by atoms with van der Waals surface area (Å²) < 4.78 is 0. The maximum atomic E-state index is 5.62. The average molecular weight is 451 g/mol. The van der Waals surface area contributed by atoms with Crippen molar-refractivity contribution in [2.24, 2.45) is 0 Å². The molecule has 5 rings (SSSR count). The van der Waals surface area contributed by atoms with E-state index in [0.717, 1.165) is 44.2 Å². The van der Waals surface area contributed by atoms with Crippen molar-refractivity contribution in [2.45, 2.75) is 70.4 Å². The van der Waals surface area contributed by atoms with Crippen molar-refractivity contribution in [2.75, 3.05) is 34.8 Å². The molecule has 0 amide bonds. The van der Waals surface area contributed by atoms with Gasteiger partial charge in [-0.15, -0.1) is 0 Å². The fraction of sp³-hybridized carbons (Fsp3) is 0.560. The summed E-state index contributed by atoms with van der Waals surface area (Å²) in [6, 6.07) is 11.4. The fourth-order valence-corrected chi connectivity index (χ4v) is 5.44. The van der Waals surface area contributed by atoms with E-state index < -0.39 is 0 Å². The summed E-state index contributed by atoms with van der Waals surface area (Å²) in [7, 11) is 0. The van der Waals surface area contributed by atoms with E-state index in [1.807, 2.05) is 0 Å². The molecular formula is C25H34N6S. The van der Waals surface area contributed by atoms with Gasteiger partial charge in [-0.25, -0.2) is 0 Å². The average Bonchev–Trinajstić information content (AvgIpc) is 3.16. The molecule has 0 bridgehead atoms. The summed E-state index contributed by atoms with van der Waals surface area (Å²) in [6.45, 7) is 3.97. The highest BCUT2D eigenvalue weighted by Gasteiger charge is 2.22. The zero-order valence-corrected chi connectivity index (χ0v) is 19.7. The third-order valence-corrected chi connectivity index (χ3v) is 7.22. The molecule has 1 aromatic carbocycles. The minimum Gasteiger partial charge on any atom is -0.360 e. The van der Waals surface area contributed by atoms with Gasteiger partial charge < -0.3 is 20.4 Å². The number of hydrogen-bond donors (Lipinski definition) is 2. The van der Waals surface area contributed by atoms with Gasteiger partial charge in [0.25, 0.3) is 0 Å². The number of rotatable bonds is 4. The predicted molar refractivity (Wildman–Crippen MR) is 136 cm³/mol. The summed E-state index contributed by atoms with van der Waals surface area (Å²) in [5.74, 6) is 2.61. The Hall–Kier alpha value is -2.41. The zero-order valence-electron chi connectivity index (χ0n) is 18.9. The second-order valence-electron chi connectivity index (χ2n) is 9.33. The quantitative estimate of drug-likeness (QED) is 0.658. The minimum atomic E-state index is 0.474. The monoisotopic (exact) mass is 450 g/mol. The second kappa shape index (κ2) is 10.0. The van der Waals surface area contributed by atoms with Gasteiger partial charge in [-0.1, -0.05) is 49.9 Å². The van der Waals surface area contributed by atoms with Crippen LogP contribution in [0.25, 0.3) is 0 Å². The summed E-state index contributed by atoms with van der Waals surface area (Å²) in [5, 5.41) is 7.41. The third kappa shape index (κ3) is 5.14. The normalized spacial score (nSPS) is 19.4. The van der Waals surface area contributed by atoms with E-state index in [4.69, 9.17) is 22.2 Å². The highest BCUT2D eigenvalue weighted by Crippen LogP contribution is 2.28. The van der Waals surface area contributed by atoms with Crippen molar-refractivity contribution < 1.29 is 0 Å². The lowest BCUT2D eigenvalue weighted by molar-refractivity contribution is 0.634. The van der Waals surface area contributed by atoms with E-state index in [0.29, 0.717) is 17.1 Å². The van der Waals surface area contributed by atoms with Crippen LogP contribution in [0, 0.1) is 0 Å². The Labute approximate surface area is 196 Å². The van der Waals surface area contributed by atoms with Gasteiger partial charge in [-0.2, -0.15) is 9.97 Å². The molecule has 7 heteroatoms. The first kappa shape index (κ1) is 21.4. The molecule has 0 unspecified atom stereocenters. The van der Waals surface area contributed by atoms with E-state index >= 15 is 0 Å². The van der Waals surface area contributed by atoms with Gasteiger partial charge >= 0.3 is 0 Å². The first-order valence-corrected chi connectivity index (χ1v) is 12.7. The van der Waals surface area contributed by atoms with E-state index in [9.17, 15) is 0 Å². The molecule has 1 saturated heterocycles. The van der Waals surface area contributed by atoms with Gasteiger partial charge in [0.05, 0.1) is 0 Å². The van der Waals surface area contributed by atoms with Crippen molar-refractivity contribution in [1.82, 2.24) is 15.3 Å². The Bertz CT molecular complexity index is 934. The molecular weight excluding hydrogens is 416 g/mol. The molecule has 2 fully saturated rings. The summed E-state index contributed by atoms with van der Waals surface area (Å²) >= 11 is 5.62. The van der Waals surface area contributed by atoms with Gasteiger partial charge in [0.1, 0.15) is 11.6 Å². The van der Waals surface area contributed by atoms with Crippen LogP contribution in [0.2, 0.25) is 0 Å². The largest absolute Gasteiger partial charge is 0.360 e. The molecule has 0 atom stereocenters. The first-order valence-electron chi connectivity index (χ1n) is 12.3. The molecule has 2 aliphatic heterocycles. The molecule has 2 aromatic rings. The lowest BCUT2D eigenvalue weighted by Crippen LogP contribution is -2.37. The smallest absolute Gasteiger partial charge is 0.232 e. The van der Waals surface area contributed by atoms with Gasteiger partial charge in [-0.3, -0.25) is 0 Å². The van der Waals surface area contributed by atoms with Gasteiger partial charge in [0.15, 0.2) is 5.11 Å². The molecule has 3 aliphatic rings. The third-order valence-electron chi connectivity index (χ3n) is 7.00. The predicted octanol–water partition coefficient (Wildman–Crippen LogP) is 4.65. The van der Waals surface area contributed by atoms with Crippen molar-refractivity contribution in [3.8, 4) is 0 Å². The number of anilines is 3. The standard InChI is InChI=1S/C25H34N6S/c32-25(26-21-11-5-6-12-21)29-24-27-22(30-14-7-1-2-8-15-30)17-23(28-24)31-16-13-19-9-3-4-10-20(19)18-31/h3-4,9-10,17,21H,1-2,5-8,11-16,18H2,(H2,26,27,28,29,32). The molecule has 170 valence electrons. The highest BCUT2D eigenvalue weighted by molar-refractivity contribution is 7.80. The van der Waals surface area contributed by atoms with Gasteiger partial charge in [0.2, 0.25) is 5.95 Å². The Morgan fingerprint density at radius 1 is 0.844 bits per heavy atom. The molecule has 32 heavy (non-hydrogen) atoms. The van der Waals surface area contributed by atoms with E-state index in [1.165, 1.54) is 62.5 Å². The van der Waals surface area contributed by atoms with Crippen LogP contribution in [0.3, 0.4) is 0 Å². The van der Waals surface area contributed by atoms with Gasteiger partial charge in [0, 0.05) is 38.3 Å². The Morgan fingerprint density at radius 3 is 2.28 bits per heavy atom. The van der Waals surface area contributed by atoms with Crippen LogP contribution in [-0.4, -0.2) is 40.8 Å². The summed E-state index contributed by atoms with van der Waals surface area (Å²) in [5.41, 5.74) is 2.84. The van der Waals surface area contributed by atoms with Gasteiger partial charge in [-0.05, 0) is 55.4 Å². The Balaban J connectivity index is 1.39. The Morgan fingerprint density at radius 2 is 1.53 bits per heavy atom. The number of nitrogens with one attached hydrogen (secondary N) is 2.